The van der Waals surface area contributed by atoms with Crippen molar-refractivity contribution in [2.75, 3.05) is 18.5 Å². The van der Waals surface area contributed by atoms with Gasteiger partial charge in [-0.25, -0.2) is 0 Å². The molecule has 110 valence electrons. The van der Waals surface area contributed by atoms with Crippen LogP contribution in [0.15, 0.2) is 18.2 Å². The number of rotatable bonds is 4. The number of benzene rings is 1. The molecule has 0 radical (unpaired) electrons. The van der Waals surface area contributed by atoms with Crippen LogP contribution in [0.5, 0.6) is 0 Å². The summed E-state index contributed by atoms with van der Waals surface area (Å²) in [6, 6.07) is 5.46. The van der Waals surface area contributed by atoms with Gasteiger partial charge >= 0.3 is 0 Å². The number of carbonyl (C=O) groups is 1. The van der Waals surface area contributed by atoms with Crippen molar-refractivity contribution in [3.05, 3.63) is 28.8 Å². The second-order valence-corrected chi connectivity index (χ2v) is 5.98. The molecule has 5 heteroatoms. The first-order chi connectivity index (χ1) is 9.40. The van der Waals surface area contributed by atoms with Crippen LogP contribution in [0, 0.1) is 6.92 Å². The second kappa shape index (κ2) is 6.12. The van der Waals surface area contributed by atoms with E-state index in [0.717, 1.165) is 24.3 Å². The van der Waals surface area contributed by atoms with E-state index in [1.54, 1.807) is 6.07 Å². The Kier molecular flexibility index (Phi) is 4.68. The van der Waals surface area contributed by atoms with Crippen LogP contribution < -0.4 is 10.6 Å². The minimum absolute atomic E-state index is 0.0734. The molecule has 0 aromatic heterocycles. The highest BCUT2D eigenvalue weighted by Crippen LogP contribution is 2.25. The number of anilines is 1. The van der Waals surface area contributed by atoms with E-state index in [0.29, 0.717) is 5.02 Å². The van der Waals surface area contributed by atoms with Crippen molar-refractivity contribution in [2.24, 2.45) is 0 Å². The Morgan fingerprint density at radius 2 is 2.30 bits per heavy atom. The maximum atomic E-state index is 12.0. The Balaban J connectivity index is 1.91. The third-order valence-electron chi connectivity index (χ3n) is 4.01. The zero-order valence-electron chi connectivity index (χ0n) is 12.1. The Morgan fingerprint density at radius 1 is 1.55 bits per heavy atom. The zero-order chi connectivity index (χ0) is 14.8. The fraction of sp³-hybridized carbons (Fsp3) is 0.533. The van der Waals surface area contributed by atoms with Gasteiger partial charge in [0, 0.05) is 22.9 Å². The predicted molar refractivity (Wildman–Crippen MR) is 81.3 cm³/mol. The van der Waals surface area contributed by atoms with E-state index in [1.165, 1.54) is 0 Å². The fourth-order valence-corrected chi connectivity index (χ4v) is 2.44. The number of carbonyl (C=O) groups excluding carboxylic acids is 1. The molecule has 1 aliphatic rings. The highest BCUT2D eigenvalue weighted by molar-refractivity contribution is 6.31. The molecule has 20 heavy (non-hydrogen) atoms. The van der Waals surface area contributed by atoms with E-state index in [-0.39, 0.29) is 24.1 Å². The van der Waals surface area contributed by atoms with E-state index in [9.17, 15) is 4.79 Å². The van der Waals surface area contributed by atoms with Gasteiger partial charge in [0.1, 0.15) is 0 Å². The summed E-state index contributed by atoms with van der Waals surface area (Å²) in [6.45, 7) is 7.05. The summed E-state index contributed by atoms with van der Waals surface area (Å²) in [7, 11) is 0. The number of nitrogens with one attached hydrogen (secondary N) is 2. The molecule has 0 spiro atoms. The lowest BCUT2D eigenvalue weighted by Crippen LogP contribution is -2.50. The summed E-state index contributed by atoms with van der Waals surface area (Å²) in [6.07, 6.45) is 1.03. The average molecular weight is 297 g/mol. The summed E-state index contributed by atoms with van der Waals surface area (Å²) in [4.78, 5) is 12.0. The van der Waals surface area contributed by atoms with Crippen LogP contribution in [0.1, 0.15) is 25.8 Å². The van der Waals surface area contributed by atoms with Crippen molar-refractivity contribution in [2.45, 2.75) is 38.8 Å². The van der Waals surface area contributed by atoms with Crippen LogP contribution in [0.4, 0.5) is 5.69 Å². The van der Waals surface area contributed by atoms with Crippen molar-refractivity contribution in [1.29, 1.82) is 0 Å². The lowest BCUT2D eigenvalue weighted by atomic mass is 9.95. The summed E-state index contributed by atoms with van der Waals surface area (Å²) >= 11 is 5.94. The molecule has 1 aliphatic heterocycles. The van der Waals surface area contributed by atoms with Gasteiger partial charge in [0.05, 0.1) is 12.6 Å². The Morgan fingerprint density at radius 3 is 2.95 bits per heavy atom. The Hall–Kier alpha value is -1.10. The van der Waals surface area contributed by atoms with Crippen LogP contribution in [0.25, 0.3) is 0 Å². The van der Waals surface area contributed by atoms with Gasteiger partial charge in [0.15, 0.2) is 0 Å². The molecular formula is C15H21ClN2O2. The maximum Gasteiger partial charge on any atom is 0.238 e. The number of amides is 1. The lowest BCUT2D eigenvalue weighted by Gasteiger charge is -2.28. The highest BCUT2D eigenvalue weighted by Gasteiger charge is 2.36. The predicted octanol–water partition coefficient (Wildman–Crippen LogP) is 2.74. The quantitative estimate of drug-likeness (QED) is 0.898. The second-order valence-electron chi connectivity index (χ2n) is 5.54. The van der Waals surface area contributed by atoms with Crippen molar-refractivity contribution in [3.63, 3.8) is 0 Å². The first-order valence-corrected chi connectivity index (χ1v) is 7.21. The molecule has 1 amide bonds. The molecule has 1 saturated heterocycles. The van der Waals surface area contributed by atoms with Gasteiger partial charge in [0.25, 0.3) is 0 Å². The minimum atomic E-state index is -0.138. The van der Waals surface area contributed by atoms with E-state index in [2.05, 4.69) is 17.6 Å². The van der Waals surface area contributed by atoms with Gasteiger partial charge in [-0.1, -0.05) is 17.7 Å². The summed E-state index contributed by atoms with van der Waals surface area (Å²) in [5, 5.41) is 6.79. The Bertz CT molecular complexity index is 507. The molecule has 2 rings (SSSR count). The largest absolute Gasteiger partial charge is 0.377 e. The Labute approximate surface area is 124 Å². The van der Waals surface area contributed by atoms with E-state index < -0.39 is 0 Å². The zero-order valence-corrected chi connectivity index (χ0v) is 12.9. The summed E-state index contributed by atoms with van der Waals surface area (Å²) in [5.41, 5.74) is 1.61. The smallest absolute Gasteiger partial charge is 0.238 e. The van der Waals surface area contributed by atoms with Crippen molar-refractivity contribution >= 4 is 23.2 Å². The van der Waals surface area contributed by atoms with Crippen LogP contribution in [0.3, 0.4) is 0 Å². The molecule has 2 N–H and O–H groups in total. The number of hydrogen-bond acceptors (Lipinski definition) is 3. The van der Waals surface area contributed by atoms with Crippen LogP contribution in [-0.4, -0.2) is 30.7 Å². The van der Waals surface area contributed by atoms with Gasteiger partial charge < -0.3 is 15.4 Å². The van der Waals surface area contributed by atoms with Crippen LogP contribution >= 0.6 is 11.6 Å². The standard InChI is InChI=1S/C15H21ClN2O2/c1-10-4-5-12(16)8-13(10)18-14(19)9-17-15(3)6-7-20-11(15)2/h4-5,8,11,17H,6-7,9H2,1-3H3,(H,18,19). The van der Waals surface area contributed by atoms with Gasteiger partial charge in [0.2, 0.25) is 5.91 Å². The van der Waals surface area contributed by atoms with Crippen LogP contribution in [-0.2, 0) is 9.53 Å². The summed E-state index contributed by atoms with van der Waals surface area (Å²) in [5.74, 6) is -0.0734. The molecule has 1 heterocycles. The normalized spacial score (nSPS) is 25.7. The van der Waals surface area contributed by atoms with Gasteiger partial charge in [-0.2, -0.15) is 0 Å². The monoisotopic (exact) mass is 296 g/mol. The lowest BCUT2D eigenvalue weighted by molar-refractivity contribution is -0.115. The van der Waals surface area contributed by atoms with Gasteiger partial charge in [-0.15, -0.1) is 0 Å². The number of ether oxygens (including phenoxy) is 1. The summed E-state index contributed by atoms with van der Waals surface area (Å²) < 4.78 is 5.54. The molecule has 1 fully saturated rings. The minimum Gasteiger partial charge on any atom is -0.377 e. The van der Waals surface area contributed by atoms with Crippen molar-refractivity contribution < 1.29 is 9.53 Å². The molecule has 0 aliphatic carbocycles. The first kappa shape index (κ1) is 15.3. The molecule has 1 aromatic carbocycles. The molecule has 4 nitrogen and oxygen atoms in total. The van der Waals surface area contributed by atoms with Crippen molar-refractivity contribution in [1.82, 2.24) is 5.32 Å². The molecule has 1 aromatic rings. The number of hydrogen-bond donors (Lipinski definition) is 2. The maximum absolute atomic E-state index is 12.0. The van der Waals surface area contributed by atoms with E-state index in [1.807, 2.05) is 26.0 Å². The molecule has 0 saturated carbocycles. The van der Waals surface area contributed by atoms with Gasteiger partial charge in [-0.3, -0.25) is 4.79 Å². The van der Waals surface area contributed by atoms with E-state index >= 15 is 0 Å². The topological polar surface area (TPSA) is 50.4 Å². The van der Waals surface area contributed by atoms with Crippen LogP contribution in [0.2, 0.25) is 5.02 Å². The molecule has 0 bridgehead atoms. The fourth-order valence-electron chi connectivity index (χ4n) is 2.27. The average Bonchev–Trinajstić information content (AvgIpc) is 2.72. The molecular weight excluding hydrogens is 276 g/mol. The first-order valence-electron chi connectivity index (χ1n) is 6.83. The number of aryl methyl sites for hydroxylation is 1. The van der Waals surface area contributed by atoms with E-state index in [4.69, 9.17) is 16.3 Å². The van der Waals surface area contributed by atoms with Crippen molar-refractivity contribution in [3.8, 4) is 0 Å². The molecule has 2 unspecified atom stereocenters. The SMILES string of the molecule is Cc1ccc(Cl)cc1NC(=O)CNC1(C)CCOC1C. The third-order valence-corrected chi connectivity index (χ3v) is 4.25. The number of halogens is 1. The molecule has 2 atom stereocenters. The highest BCUT2D eigenvalue weighted by atomic mass is 35.5. The van der Waals surface area contributed by atoms with Gasteiger partial charge in [-0.05, 0) is 44.9 Å². The third kappa shape index (κ3) is 3.51.